The number of carbonyl (C=O) groups is 1. The van der Waals surface area contributed by atoms with Crippen molar-refractivity contribution < 1.29 is 14.3 Å². The molecule has 0 amide bonds. The van der Waals surface area contributed by atoms with Crippen molar-refractivity contribution in [3.8, 4) is 0 Å². The lowest BCUT2D eigenvalue weighted by Gasteiger charge is -2.33. The van der Waals surface area contributed by atoms with Crippen molar-refractivity contribution in [2.45, 2.75) is 45.1 Å². The molecule has 0 aromatic rings. The summed E-state index contributed by atoms with van der Waals surface area (Å²) in [4.78, 5) is 11.8. The summed E-state index contributed by atoms with van der Waals surface area (Å²) in [5, 5.41) is 0. The summed E-state index contributed by atoms with van der Waals surface area (Å²) < 4.78 is 10.2. The highest BCUT2D eigenvalue weighted by Gasteiger charge is 2.38. The van der Waals surface area contributed by atoms with Gasteiger partial charge >= 0.3 is 5.97 Å². The number of hydrogen-bond donors (Lipinski definition) is 1. The molecule has 4 nitrogen and oxygen atoms in total. The van der Waals surface area contributed by atoms with Gasteiger partial charge in [-0.3, -0.25) is 4.79 Å². The SMILES string of the molecule is CCOCCOC(=O)C1(N)CCC(C)CC1. The lowest BCUT2D eigenvalue weighted by Crippen LogP contribution is -2.51. The molecule has 1 aliphatic rings. The van der Waals surface area contributed by atoms with E-state index in [9.17, 15) is 4.79 Å². The zero-order chi connectivity index (χ0) is 12.0. The highest BCUT2D eigenvalue weighted by molar-refractivity contribution is 5.80. The van der Waals surface area contributed by atoms with Crippen molar-refractivity contribution in [3.05, 3.63) is 0 Å². The molecule has 1 saturated carbocycles. The smallest absolute Gasteiger partial charge is 0.326 e. The van der Waals surface area contributed by atoms with E-state index >= 15 is 0 Å². The predicted octanol–water partition coefficient (Wildman–Crippen LogP) is 1.47. The molecule has 1 rings (SSSR count). The van der Waals surface area contributed by atoms with Crippen LogP contribution in [0.4, 0.5) is 0 Å². The zero-order valence-corrected chi connectivity index (χ0v) is 10.3. The van der Waals surface area contributed by atoms with Crippen LogP contribution in [0.25, 0.3) is 0 Å². The number of ether oxygens (including phenoxy) is 2. The Balaban J connectivity index is 2.29. The van der Waals surface area contributed by atoms with Gasteiger partial charge in [-0.05, 0) is 38.5 Å². The number of carbonyl (C=O) groups excluding carboxylic acids is 1. The molecule has 1 aliphatic carbocycles. The molecule has 0 aromatic carbocycles. The maximum absolute atomic E-state index is 11.8. The minimum Gasteiger partial charge on any atom is -0.462 e. The van der Waals surface area contributed by atoms with E-state index in [1.54, 1.807) is 0 Å². The molecule has 0 aromatic heterocycles. The fraction of sp³-hybridized carbons (Fsp3) is 0.917. The molecule has 0 radical (unpaired) electrons. The second-order valence-electron chi connectivity index (χ2n) is 4.67. The van der Waals surface area contributed by atoms with Crippen molar-refractivity contribution in [1.29, 1.82) is 0 Å². The summed E-state index contributed by atoms with van der Waals surface area (Å²) in [6.45, 7) is 5.51. The lowest BCUT2D eigenvalue weighted by atomic mass is 9.78. The fourth-order valence-corrected chi connectivity index (χ4v) is 1.96. The maximum Gasteiger partial charge on any atom is 0.326 e. The quantitative estimate of drug-likeness (QED) is 0.573. The molecule has 2 N–H and O–H groups in total. The van der Waals surface area contributed by atoms with E-state index in [4.69, 9.17) is 15.2 Å². The minimum atomic E-state index is -0.751. The minimum absolute atomic E-state index is 0.265. The predicted molar refractivity (Wildman–Crippen MR) is 62.0 cm³/mol. The van der Waals surface area contributed by atoms with E-state index in [-0.39, 0.29) is 5.97 Å². The van der Waals surface area contributed by atoms with Gasteiger partial charge < -0.3 is 15.2 Å². The summed E-state index contributed by atoms with van der Waals surface area (Å²) in [6.07, 6.45) is 3.50. The number of hydrogen-bond acceptors (Lipinski definition) is 4. The molecular weight excluding hydrogens is 206 g/mol. The Bertz CT molecular complexity index is 222. The van der Waals surface area contributed by atoms with Crippen LogP contribution in [0, 0.1) is 5.92 Å². The van der Waals surface area contributed by atoms with E-state index in [0.29, 0.717) is 25.7 Å². The molecule has 0 bridgehead atoms. The van der Waals surface area contributed by atoms with Crippen LogP contribution in [0.5, 0.6) is 0 Å². The Hall–Kier alpha value is -0.610. The second kappa shape index (κ2) is 6.21. The molecule has 0 aliphatic heterocycles. The van der Waals surface area contributed by atoms with Crippen LogP contribution in [0.3, 0.4) is 0 Å². The first kappa shape index (κ1) is 13.5. The van der Waals surface area contributed by atoms with E-state index in [2.05, 4.69) is 6.92 Å². The number of nitrogens with two attached hydrogens (primary N) is 1. The van der Waals surface area contributed by atoms with Crippen molar-refractivity contribution in [2.24, 2.45) is 11.7 Å². The molecule has 1 fully saturated rings. The van der Waals surface area contributed by atoms with Crippen LogP contribution in [-0.2, 0) is 14.3 Å². The Morgan fingerprint density at radius 2 is 2.00 bits per heavy atom. The van der Waals surface area contributed by atoms with Gasteiger partial charge in [0, 0.05) is 6.61 Å². The molecule has 0 atom stereocenters. The largest absolute Gasteiger partial charge is 0.462 e. The molecule has 16 heavy (non-hydrogen) atoms. The van der Waals surface area contributed by atoms with Gasteiger partial charge in [0.05, 0.1) is 6.61 Å². The van der Waals surface area contributed by atoms with Gasteiger partial charge in [0.25, 0.3) is 0 Å². The molecule has 4 heteroatoms. The highest BCUT2D eigenvalue weighted by atomic mass is 16.6. The van der Waals surface area contributed by atoms with Gasteiger partial charge in [0.15, 0.2) is 0 Å². The van der Waals surface area contributed by atoms with E-state index in [1.165, 1.54) is 0 Å². The van der Waals surface area contributed by atoms with Crippen LogP contribution in [-0.4, -0.2) is 31.3 Å². The molecule has 0 heterocycles. The normalized spacial score (nSPS) is 30.1. The highest BCUT2D eigenvalue weighted by Crippen LogP contribution is 2.30. The van der Waals surface area contributed by atoms with Crippen LogP contribution < -0.4 is 5.73 Å². The first-order valence-corrected chi connectivity index (χ1v) is 6.12. The Labute approximate surface area is 97.5 Å². The van der Waals surface area contributed by atoms with Gasteiger partial charge in [-0.2, -0.15) is 0 Å². The summed E-state index contributed by atoms with van der Waals surface area (Å²) >= 11 is 0. The standard InChI is InChI=1S/C12H23NO3/c1-3-15-8-9-16-11(14)12(13)6-4-10(2)5-7-12/h10H,3-9,13H2,1-2H3. The van der Waals surface area contributed by atoms with Crippen molar-refractivity contribution in [3.63, 3.8) is 0 Å². The number of esters is 1. The third kappa shape index (κ3) is 3.76. The van der Waals surface area contributed by atoms with E-state index < -0.39 is 5.54 Å². The van der Waals surface area contributed by atoms with Crippen molar-refractivity contribution in [2.75, 3.05) is 19.8 Å². The van der Waals surface area contributed by atoms with Gasteiger partial charge in [-0.25, -0.2) is 0 Å². The molecule has 0 saturated heterocycles. The molecular formula is C12H23NO3. The van der Waals surface area contributed by atoms with Crippen LogP contribution in [0.15, 0.2) is 0 Å². The molecule has 94 valence electrons. The van der Waals surface area contributed by atoms with E-state index in [1.807, 2.05) is 6.92 Å². The van der Waals surface area contributed by atoms with Crippen LogP contribution in [0.2, 0.25) is 0 Å². The third-order valence-electron chi connectivity index (χ3n) is 3.24. The Morgan fingerprint density at radius 1 is 1.38 bits per heavy atom. The summed E-state index contributed by atoms with van der Waals surface area (Å²) in [5.41, 5.74) is 5.31. The van der Waals surface area contributed by atoms with Gasteiger partial charge in [-0.1, -0.05) is 6.92 Å². The van der Waals surface area contributed by atoms with Gasteiger partial charge in [0.2, 0.25) is 0 Å². The molecule has 0 unspecified atom stereocenters. The molecule has 0 spiro atoms. The topological polar surface area (TPSA) is 61.5 Å². The average Bonchev–Trinajstić information content (AvgIpc) is 2.28. The van der Waals surface area contributed by atoms with Crippen molar-refractivity contribution in [1.82, 2.24) is 0 Å². The first-order valence-electron chi connectivity index (χ1n) is 6.12. The summed E-state index contributed by atoms with van der Waals surface area (Å²) in [5.74, 6) is 0.409. The van der Waals surface area contributed by atoms with Crippen molar-refractivity contribution >= 4 is 5.97 Å². The first-order chi connectivity index (χ1) is 7.58. The van der Waals surface area contributed by atoms with Gasteiger partial charge in [-0.15, -0.1) is 0 Å². The lowest BCUT2D eigenvalue weighted by molar-refractivity contribution is -0.153. The van der Waals surface area contributed by atoms with Gasteiger partial charge in [0.1, 0.15) is 12.1 Å². The Kier molecular flexibility index (Phi) is 5.22. The third-order valence-corrected chi connectivity index (χ3v) is 3.24. The van der Waals surface area contributed by atoms with Crippen LogP contribution >= 0.6 is 0 Å². The Morgan fingerprint density at radius 3 is 2.56 bits per heavy atom. The summed E-state index contributed by atoms with van der Waals surface area (Å²) in [7, 11) is 0. The van der Waals surface area contributed by atoms with Crippen LogP contribution in [0.1, 0.15) is 39.5 Å². The number of rotatable bonds is 5. The average molecular weight is 229 g/mol. The zero-order valence-electron chi connectivity index (χ0n) is 10.3. The second-order valence-corrected chi connectivity index (χ2v) is 4.67. The maximum atomic E-state index is 11.8. The monoisotopic (exact) mass is 229 g/mol. The summed E-state index contributed by atoms with van der Waals surface area (Å²) in [6, 6.07) is 0. The van der Waals surface area contributed by atoms with E-state index in [0.717, 1.165) is 25.7 Å². The fourth-order valence-electron chi connectivity index (χ4n) is 1.96.